The zero-order valence-electron chi connectivity index (χ0n) is 16.6. The largest absolute Gasteiger partial charge is 0.472 e. The van der Waals surface area contributed by atoms with Crippen LogP contribution < -0.4 is 0 Å². The van der Waals surface area contributed by atoms with Crippen LogP contribution in [0, 0.1) is 11.8 Å². The van der Waals surface area contributed by atoms with Gasteiger partial charge in [-0.3, -0.25) is 9.05 Å². The van der Waals surface area contributed by atoms with Crippen molar-refractivity contribution in [3.8, 4) is 0 Å². The molecule has 158 valence electrons. The summed E-state index contributed by atoms with van der Waals surface area (Å²) in [7, 11) is -3.98. The molecule has 2 N–H and O–H groups in total. The SMILES string of the molecule is CC(C)COP(=O)(O)OCCCOCC(CO)COCCCOC(C)C. The van der Waals surface area contributed by atoms with Crippen molar-refractivity contribution in [2.24, 2.45) is 11.8 Å². The number of ether oxygens (including phenoxy) is 3. The number of hydrogen-bond acceptors (Lipinski definition) is 7. The maximum absolute atomic E-state index is 11.5. The molecule has 0 aliphatic heterocycles. The van der Waals surface area contributed by atoms with E-state index in [1.165, 1.54) is 0 Å². The summed E-state index contributed by atoms with van der Waals surface area (Å²) < 4.78 is 37.6. The highest BCUT2D eigenvalue weighted by molar-refractivity contribution is 7.47. The molecule has 0 aromatic rings. The maximum atomic E-state index is 11.5. The molecule has 0 saturated heterocycles. The van der Waals surface area contributed by atoms with Crippen molar-refractivity contribution in [1.82, 2.24) is 0 Å². The minimum atomic E-state index is -3.98. The summed E-state index contributed by atoms with van der Waals surface area (Å²) in [6.45, 7) is 10.4. The van der Waals surface area contributed by atoms with Crippen LogP contribution in [0.2, 0.25) is 0 Å². The second kappa shape index (κ2) is 16.0. The second-order valence-electron chi connectivity index (χ2n) is 6.82. The minimum absolute atomic E-state index is 0.0200. The quantitative estimate of drug-likeness (QED) is 0.267. The van der Waals surface area contributed by atoms with Gasteiger partial charge in [0.1, 0.15) is 0 Å². The fraction of sp³-hybridized carbons (Fsp3) is 1.00. The van der Waals surface area contributed by atoms with Crippen molar-refractivity contribution in [3.05, 3.63) is 0 Å². The van der Waals surface area contributed by atoms with Gasteiger partial charge in [0, 0.05) is 25.7 Å². The van der Waals surface area contributed by atoms with Gasteiger partial charge in [-0.25, -0.2) is 4.57 Å². The molecule has 0 saturated carbocycles. The molecule has 9 heteroatoms. The molecule has 0 heterocycles. The third kappa shape index (κ3) is 17.4. The van der Waals surface area contributed by atoms with Crippen molar-refractivity contribution in [1.29, 1.82) is 0 Å². The Labute approximate surface area is 157 Å². The van der Waals surface area contributed by atoms with Crippen molar-refractivity contribution < 1.29 is 37.8 Å². The number of aliphatic hydroxyl groups is 1. The lowest BCUT2D eigenvalue weighted by atomic mass is 10.2. The number of rotatable bonds is 18. The Morgan fingerprint density at radius 1 is 0.846 bits per heavy atom. The molecule has 0 radical (unpaired) electrons. The monoisotopic (exact) mass is 400 g/mol. The molecule has 0 bridgehead atoms. The standard InChI is InChI=1S/C17H37O8P/c1-15(2)12-25-26(19,20)24-10-6-8-22-14-17(11-18)13-21-7-5-9-23-16(3)4/h15-18H,5-14H2,1-4H3,(H,19,20). The molecule has 8 nitrogen and oxygen atoms in total. The van der Waals surface area contributed by atoms with E-state index in [4.69, 9.17) is 23.3 Å². The second-order valence-corrected chi connectivity index (χ2v) is 8.27. The lowest BCUT2D eigenvalue weighted by Crippen LogP contribution is -2.21. The highest BCUT2D eigenvalue weighted by atomic mass is 31.2. The Morgan fingerprint density at radius 2 is 1.42 bits per heavy atom. The summed E-state index contributed by atoms with van der Waals surface area (Å²) in [4.78, 5) is 9.45. The van der Waals surface area contributed by atoms with Gasteiger partial charge in [0.25, 0.3) is 0 Å². The first-order valence-electron chi connectivity index (χ1n) is 9.26. The normalized spacial score (nSPS) is 15.5. The molecule has 0 rings (SSSR count). The third-order valence-corrected chi connectivity index (χ3v) is 4.09. The number of hydrogen-bond donors (Lipinski definition) is 2. The average molecular weight is 400 g/mol. The van der Waals surface area contributed by atoms with Crippen LogP contribution in [0.1, 0.15) is 40.5 Å². The topological polar surface area (TPSA) is 104 Å². The molecule has 2 atom stereocenters. The van der Waals surface area contributed by atoms with Crippen LogP contribution >= 0.6 is 7.82 Å². The first-order valence-corrected chi connectivity index (χ1v) is 10.8. The van der Waals surface area contributed by atoms with Crippen molar-refractivity contribution in [2.75, 3.05) is 52.9 Å². The van der Waals surface area contributed by atoms with Gasteiger partial charge in [0.15, 0.2) is 0 Å². The fourth-order valence-electron chi connectivity index (χ4n) is 1.75. The van der Waals surface area contributed by atoms with E-state index >= 15 is 0 Å². The Morgan fingerprint density at radius 3 is 1.92 bits per heavy atom. The van der Waals surface area contributed by atoms with Crippen molar-refractivity contribution in [2.45, 2.75) is 46.6 Å². The third-order valence-electron chi connectivity index (χ3n) is 3.11. The Bertz CT molecular complexity index is 365. The van der Waals surface area contributed by atoms with E-state index in [2.05, 4.69) is 0 Å². The molecular weight excluding hydrogens is 363 g/mol. The van der Waals surface area contributed by atoms with E-state index in [0.717, 1.165) is 6.42 Å². The van der Waals surface area contributed by atoms with Crippen LogP contribution in [0.15, 0.2) is 0 Å². The molecule has 2 unspecified atom stereocenters. The van der Waals surface area contributed by atoms with Gasteiger partial charge in [-0.2, -0.15) is 0 Å². The van der Waals surface area contributed by atoms with Crippen LogP contribution in [0.3, 0.4) is 0 Å². The minimum Gasteiger partial charge on any atom is -0.396 e. The van der Waals surface area contributed by atoms with Crippen molar-refractivity contribution >= 4 is 7.82 Å². The molecule has 0 aromatic heterocycles. The van der Waals surface area contributed by atoms with Crippen LogP contribution in [0.25, 0.3) is 0 Å². The summed E-state index contributed by atoms with van der Waals surface area (Å²) >= 11 is 0. The van der Waals surface area contributed by atoms with E-state index in [1.807, 2.05) is 27.7 Å². The Kier molecular flexibility index (Phi) is 15.9. The number of phosphoric acid groups is 1. The van der Waals surface area contributed by atoms with Crippen LogP contribution in [-0.4, -0.2) is 69.0 Å². The zero-order chi connectivity index (χ0) is 19.8. The van der Waals surface area contributed by atoms with Gasteiger partial charge in [-0.05, 0) is 32.6 Å². The molecular formula is C17H37O8P. The van der Waals surface area contributed by atoms with Gasteiger partial charge in [0.2, 0.25) is 0 Å². The summed E-state index contributed by atoms with van der Waals surface area (Å²) in [5, 5.41) is 9.32. The predicted molar refractivity (Wildman–Crippen MR) is 99.1 cm³/mol. The highest BCUT2D eigenvalue weighted by Crippen LogP contribution is 2.43. The van der Waals surface area contributed by atoms with Crippen LogP contribution in [-0.2, 0) is 27.8 Å². The molecule has 26 heavy (non-hydrogen) atoms. The highest BCUT2D eigenvalue weighted by Gasteiger charge is 2.20. The van der Waals surface area contributed by atoms with Gasteiger partial charge < -0.3 is 24.2 Å². The molecule has 0 fully saturated rings. The van der Waals surface area contributed by atoms with E-state index < -0.39 is 7.82 Å². The van der Waals surface area contributed by atoms with Gasteiger partial charge >= 0.3 is 7.82 Å². The molecule has 0 spiro atoms. The first kappa shape index (κ1) is 26.0. The van der Waals surface area contributed by atoms with Gasteiger partial charge in [-0.15, -0.1) is 0 Å². The summed E-state index contributed by atoms with van der Waals surface area (Å²) in [6.07, 6.45) is 1.49. The molecule has 0 aliphatic carbocycles. The molecule has 0 amide bonds. The first-order chi connectivity index (χ1) is 12.3. The van der Waals surface area contributed by atoms with E-state index in [1.54, 1.807) is 0 Å². The summed E-state index contributed by atoms with van der Waals surface area (Å²) in [5.41, 5.74) is 0. The average Bonchev–Trinajstić information content (AvgIpc) is 2.57. The van der Waals surface area contributed by atoms with Gasteiger partial charge in [-0.1, -0.05) is 13.8 Å². The number of phosphoric ester groups is 1. The van der Waals surface area contributed by atoms with Crippen molar-refractivity contribution in [3.63, 3.8) is 0 Å². The van der Waals surface area contributed by atoms with Gasteiger partial charge in [0.05, 0.1) is 39.1 Å². The van der Waals surface area contributed by atoms with E-state index in [0.29, 0.717) is 39.5 Å². The smallest absolute Gasteiger partial charge is 0.396 e. The summed E-state index contributed by atoms with van der Waals surface area (Å²) in [5.74, 6) is 0.0584. The molecule has 0 aromatic carbocycles. The number of aliphatic hydroxyl groups excluding tert-OH is 1. The molecule has 0 aliphatic rings. The Balaban J connectivity index is 3.60. The lowest BCUT2D eigenvalue weighted by Gasteiger charge is -2.16. The lowest BCUT2D eigenvalue weighted by molar-refractivity contribution is 0.00315. The fourth-order valence-corrected chi connectivity index (χ4v) is 2.68. The maximum Gasteiger partial charge on any atom is 0.472 e. The van der Waals surface area contributed by atoms with E-state index in [-0.39, 0.29) is 37.8 Å². The Hall–Kier alpha value is -0.0500. The van der Waals surface area contributed by atoms with Crippen LogP contribution in [0.4, 0.5) is 0 Å². The van der Waals surface area contributed by atoms with E-state index in [9.17, 15) is 14.6 Å². The zero-order valence-corrected chi connectivity index (χ0v) is 17.5. The summed E-state index contributed by atoms with van der Waals surface area (Å²) in [6, 6.07) is 0. The predicted octanol–water partition coefficient (Wildman–Crippen LogP) is 2.62. The van der Waals surface area contributed by atoms with Crippen LogP contribution in [0.5, 0.6) is 0 Å².